The quantitative estimate of drug-likeness (QED) is 0.642. The number of aryl methyl sites for hydroxylation is 1. The number of rotatable bonds is 3. The molecule has 1 radical (unpaired) electrons. The average molecular weight is 140 g/mol. The SMILES string of the molecule is [CH2]CCn1cc(CO)nn1. The molecule has 0 spiro atoms. The molecular weight excluding hydrogens is 130 g/mol. The largest absolute Gasteiger partial charge is 0.390 e. The van der Waals surface area contributed by atoms with Gasteiger partial charge < -0.3 is 5.11 Å². The minimum absolute atomic E-state index is 0.0445. The summed E-state index contributed by atoms with van der Waals surface area (Å²) in [5, 5.41) is 16.0. The van der Waals surface area contributed by atoms with Gasteiger partial charge in [0.15, 0.2) is 0 Å². The lowest BCUT2D eigenvalue weighted by atomic mass is 10.5. The Labute approximate surface area is 59.5 Å². The van der Waals surface area contributed by atoms with Gasteiger partial charge in [0.1, 0.15) is 5.69 Å². The van der Waals surface area contributed by atoms with Gasteiger partial charge in [-0.3, -0.25) is 4.68 Å². The van der Waals surface area contributed by atoms with E-state index in [1.165, 1.54) is 0 Å². The summed E-state index contributed by atoms with van der Waals surface area (Å²) in [6.45, 7) is 4.38. The highest BCUT2D eigenvalue weighted by molar-refractivity contribution is 4.88. The Morgan fingerprint density at radius 2 is 2.50 bits per heavy atom. The van der Waals surface area contributed by atoms with Crippen LogP contribution in [-0.2, 0) is 13.2 Å². The second-order valence-electron chi connectivity index (χ2n) is 1.98. The highest BCUT2D eigenvalue weighted by Gasteiger charge is 1.95. The number of aliphatic hydroxyl groups is 1. The van der Waals surface area contributed by atoms with Crippen LogP contribution in [0.2, 0.25) is 0 Å². The molecule has 0 fully saturated rings. The van der Waals surface area contributed by atoms with Gasteiger partial charge in [-0.1, -0.05) is 12.1 Å². The van der Waals surface area contributed by atoms with E-state index in [0.29, 0.717) is 5.69 Å². The van der Waals surface area contributed by atoms with Crippen LogP contribution in [0.1, 0.15) is 12.1 Å². The van der Waals surface area contributed by atoms with Gasteiger partial charge in [0.2, 0.25) is 0 Å². The van der Waals surface area contributed by atoms with E-state index in [1.54, 1.807) is 10.9 Å². The van der Waals surface area contributed by atoms with Crippen LogP contribution in [0.5, 0.6) is 0 Å². The van der Waals surface area contributed by atoms with Crippen molar-refractivity contribution in [2.75, 3.05) is 0 Å². The van der Waals surface area contributed by atoms with Crippen molar-refractivity contribution in [3.63, 3.8) is 0 Å². The first kappa shape index (κ1) is 7.21. The zero-order valence-corrected chi connectivity index (χ0v) is 5.69. The Bertz CT molecular complexity index is 197. The van der Waals surface area contributed by atoms with Gasteiger partial charge in [-0.2, -0.15) is 0 Å². The summed E-state index contributed by atoms with van der Waals surface area (Å²) in [7, 11) is 0. The molecule has 55 valence electrons. The van der Waals surface area contributed by atoms with Crippen LogP contribution >= 0.6 is 0 Å². The summed E-state index contributed by atoms with van der Waals surface area (Å²) in [5.41, 5.74) is 0.605. The van der Waals surface area contributed by atoms with Crippen LogP contribution < -0.4 is 0 Å². The summed E-state index contributed by atoms with van der Waals surface area (Å²) < 4.78 is 1.67. The predicted molar refractivity (Wildman–Crippen MR) is 35.9 cm³/mol. The average Bonchev–Trinajstić information content (AvgIpc) is 2.37. The highest BCUT2D eigenvalue weighted by Crippen LogP contribution is 1.92. The fraction of sp³-hybridized carbons (Fsp3) is 0.500. The van der Waals surface area contributed by atoms with Crippen molar-refractivity contribution < 1.29 is 5.11 Å². The third-order valence-corrected chi connectivity index (χ3v) is 1.14. The van der Waals surface area contributed by atoms with Gasteiger partial charge >= 0.3 is 0 Å². The van der Waals surface area contributed by atoms with Gasteiger partial charge in [-0.15, -0.1) is 5.10 Å². The Hall–Kier alpha value is -0.900. The normalized spacial score (nSPS) is 10.2. The van der Waals surface area contributed by atoms with Crippen molar-refractivity contribution in [3.05, 3.63) is 18.8 Å². The maximum absolute atomic E-state index is 8.59. The van der Waals surface area contributed by atoms with Crippen LogP contribution in [-0.4, -0.2) is 20.1 Å². The van der Waals surface area contributed by atoms with Crippen LogP contribution in [0.15, 0.2) is 6.20 Å². The molecule has 0 saturated heterocycles. The molecule has 1 N–H and O–H groups in total. The predicted octanol–water partition coefficient (Wildman–Crippen LogP) is -0.00541. The molecule has 0 bridgehead atoms. The molecular formula is C6H10N3O. The first-order chi connectivity index (χ1) is 4.86. The standard InChI is InChI=1S/C6H10N3O/c1-2-3-9-4-6(5-10)7-8-9/h4,10H,1-3,5H2. The molecule has 0 amide bonds. The third-order valence-electron chi connectivity index (χ3n) is 1.14. The summed E-state index contributed by atoms with van der Waals surface area (Å²) in [6.07, 6.45) is 2.50. The van der Waals surface area contributed by atoms with E-state index in [1.807, 2.05) is 0 Å². The molecule has 0 aliphatic heterocycles. The summed E-state index contributed by atoms with van der Waals surface area (Å²) in [4.78, 5) is 0. The van der Waals surface area contributed by atoms with E-state index in [-0.39, 0.29) is 6.61 Å². The summed E-state index contributed by atoms with van der Waals surface area (Å²) in [6, 6.07) is 0. The fourth-order valence-corrected chi connectivity index (χ4v) is 0.682. The minimum Gasteiger partial charge on any atom is -0.390 e. The molecule has 0 saturated carbocycles. The minimum atomic E-state index is -0.0445. The van der Waals surface area contributed by atoms with Gasteiger partial charge in [-0.05, 0) is 6.42 Å². The van der Waals surface area contributed by atoms with E-state index in [4.69, 9.17) is 5.11 Å². The Morgan fingerprint density at radius 3 is 3.00 bits per heavy atom. The monoisotopic (exact) mass is 140 g/mol. The molecule has 1 rings (SSSR count). The zero-order valence-electron chi connectivity index (χ0n) is 5.69. The number of hydrogen-bond donors (Lipinski definition) is 1. The topological polar surface area (TPSA) is 50.9 Å². The van der Waals surface area contributed by atoms with Crippen LogP contribution in [0.4, 0.5) is 0 Å². The fourth-order valence-electron chi connectivity index (χ4n) is 0.682. The molecule has 4 heteroatoms. The van der Waals surface area contributed by atoms with Crippen molar-refractivity contribution in [3.8, 4) is 0 Å². The molecule has 0 unspecified atom stereocenters. The molecule has 1 aromatic rings. The maximum Gasteiger partial charge on any atom is 0.108 e. The first-order valence-corrected chi connectivity index (χ1v) is 3.16. The molecule has 10 heavy (non-hydrogen) atoms. The first-order valence-electron chi connectivity index (χ1n) is 3.16. The van der Waals surface area contributed by atoms with Gasteiger partial charge in [0.05, 0.1) is 12.8 Å². The lowest BCUT2D eigenvalue weighted by molar-refractivity contribution is 0.276. The number of nitrogens with zero attached hydrogens (tertiary/aromatic N) is 3. The van der Waals surface area contributed by atoms with Crippen LogP contribution in [0, 0.1) is 6.92 Å². The maximum atomic E-state index is 8.59. The van der Waals surface area contributed by atoms with Gasteiger partial charge in [-0.25, -0.2) is 0 Å². The van der Waals surface area contributed by atoms with Crippen molar-refractivity contribution >= 4 is 0 Å². The second-order valence-corrected chi connectivity index (χ2v) is 1.98. The summed E-state index contributed by atoms with van der Waals surface area (Å²) >= 11 is 0. The van der Waals surface area contributed by atoms with E-state index in [9.17, 15) is 0 Å². The lowest BCUT2D eigenvalue weighted by Crippen LogP contribution is -1.96. The van der Waals surface area contributed by atoms with Gasteiger partial charge in [0, 0.05) is 6.54 Å². The van der Waals surface area contributed by atoms with E-state index in [2.05, 4.69) is 17.2 Å². The number of aliphatic hydroxyl groups excluding tert-OH is 1. The number of aromatic nitrogens is 3. The highest BCUT2D eigenvalue weighted by atomic mass is 16.3. The number of hydrogen-bond acceptors (Lipinski definition) is 3. The molecule has 1 aromatic heterocycles. The van der Waals surface area contributed by atoms with Crippen molar-refractivity contribution in [1.82, 2.24) is 15.0 Å². The van der Waals surface area contributed by atoms with Crippen LogP contribution in [0.25, 0.3) is 0 Å². The molecule has 4 nitrogen and oxygen atoms in total. The molecule has 0 aliphatic carbocycles. The van der Waals surface area contributed by atoms with Gasteiger partial charge in [0.25, 0.3) is 0 Å². The van der Waals surface area contributed by atoms with E-state index in [0.717, 1.165) is 13.0 Å². The van der Waals surface area contributed by atoms with Crippen molar-refractivity contribution in [2.45, 2.75) is 19.6 Å². The summed E-state index contributed by atoms with van der Waals surface area (Å²) in [5.74, 6) is 0. The molecule has 0 atom stereocenters. The Kier molecular flexibility index (Phi) is 2.39. The van der Waals surface area contributed by atoms with Crippen LogP contribution in [0.3, 0.4) is 0 Å². The van der Waals surface area contributed by atoms with Crippen molar-refractivity contribution in [2.24, 2.45) is 0 Å². The molecule has 1 heterocycles. The molecule has 0 aromatic carbocycles. The zero-order chi connectivity index (χ0) is 7.40. The lowest BCUT2D eigenvalue weighted by Gasteiger charge is -1.91. The van der Waals surface area contributed by atoms with Crippen molar-refractivity contribution in [1.29, 1.82) is 0 Å². The Morgan fingerprint density at radius 1 is 1.70 bits per heavy atom. The third kappa shape index (κ3) is 1.54. The van der Waals surface area contributed by atoms with E-state index < -0.39 is 0 Å². The smallest absolute Gasteiger partial charge is 0.108 e. The second kappa shape index (κ2) is 3.31. The molecule has 0 aliphatic rings. The van der Waals surface area contributed by atoms with E-state index >= 15 is 0 Å². The Balaban J connectivity index is 2.59.